The minimum absolute atomic E-state index is 0.0429. The Morgan fingerprint density at radius 1 is 0.926 bits per heavy atom. The molecule has 0 bridgehead atoms. The van der Waals surface area contributed by atoms with Gasteiger partial charge in [0.1, 0.15) is 11.6 Å². The molecule has 0 spiro atoms. The Morgan fingerprint density at radius 2 is 1.52 bits per heavy atom. The molecular formula is C20H32O7. The molecule has 0 aromatic rings. The third-order valence-corrected chi connectivity index (χ3v) is 4.95. The van der Waals surface area contributed by atoms with Crippen LogP contribution in [-0.2, 0) is 28.7 Å². The van der Waals surface area contributed by atoms with Crippen LogP contribution < -0.4 is 0 Å². The molecule has 0 radical (unpaired) electrons. The van der Waals surface area contributed by atoms with E-state index in [2.05, 4.69) is 0 Å². The van der Waals surface area contributed by atoms with E-state index in [-0.39, 0.29) is 48.2 Å². The summed E-state index contributed by atoms with van der Waals surface area (Å²) in [6, 6.07) is 0. The first-order valence-electron chi connectivity index (χ1n) is 9.92. The zero-order chi connectivity index (χ0) is 20.2. The molecule has 0 saturated heterocycles. The molecule has 7 heteroatoms. The molecule has 1 N–H and O–H groups in total. The van der Waals surface area contributed by atoms with Gasteiger partial charge in [-0.25, -0.2) is 0 Å². The fourth-order valence-electron chi connectivity index (χ4n) is 3.57. The van der Waals surface area contributed by atoms with E-state index in [0.717, 1.165) is 0 Å². The van der Waals surface area contributed by atoms with Crippen molar-refractivity contribution in [3.63, 3.8) is 0 Å². The lowest BCUT2D eigenvalue weighted by Crippen LogP contribution is -2.22. The largest absolute Gasteiger partial charge is 0.466 e. The van der Waals surface area contributed by atoms with Gasteiger partial charge in [0.15, 0.2) is 0 Å². The number of hydrogen-bond acceptors (Lipinski definition) is 7. The summed E-state index contributed by atoms with van der Waals surface area (Å²) in [5.41, 5.74) is 0. The monoisotopic (exact) mass is 384 g/mol. The topological polar surface area (TPSA) is 107 Å². The molecule has 0 aliphatic heterocycles. The molecule has 1 saturated carbocycles. The van der Waals surface area contributed by atoms with E-state index in [9.17, 15) is 24.3 Å². The average Bonchev–Trinajstić information content (AvgIpc) is 2.88. The Balaban J connectivity index is 2.34. The van der Waals surface area contributed by atoms with Crippen LogP contribution in [0.3, 0.4) is 0 Å². The van der Waals surface area contributed by atoms with Gasteiger partial charge < -0.3 is 14.6 Å². The molecule has 0 unspecified atom stereocenters. The highest BCUT2D eigenvalue weighted by molar-refractivity contribution is 5.85. The summed E-state index contributed by atoms with van der Waals surface area (Å²) in [5, 5.41) is 10.1. The van der Waals surface area contributed by atoms with Crippen LogP contribution in [0.5, 0.6) is 0 Å². The highest BCUT2D eigenvalue weighted by Gasteiger charge is 2.41. The van der Waals surface area contributed by atoms with E-state index in [1.165, 1.54) is 0 Å². The average molecular weight is 384 g/mol. The number of aliphatic hydroxyl groups excluding tert-OH is 1. The van der Waals surface area contributed by atoms with Crippen molar-refractivity contribution in [2.75, 3.05) is 13.2 Å². The summed E-state index contributed by atoms with van der Waals surface area (Å²) in [4.78, 5) is 46.9. The first-order valence-corrected chi connectivity index (χ1v) is 9.92. The summed E-state index contributed by atoms with van der Waals surface area (Å²) in [6.07, 6.45) is 2.50. The van der Waals surface area contributed by atoms with Crippen molar-refractivity contribution in [2.24, 2.45) is 11.8 Å². The number of unbranched alkanes of at least 4 members (excludes halogenated alkanes) is 1. The highest BCUT2D eigenvalue weighted by atomic mass is 16.5. The smallest absolute Gasteiger partial charge is 0.305 e. The summed E-state index contributed by atoms with van der Waals surface area (Å²) in [5.74, 6) is -1.24. The van der Waals surface area contributed by atoms with Crippen molar-refractivity contribution in [2.45, 2.75) is 77.7 Å². The minimum atomic E-state index is -0.749. The van der Waals surface area contributed by atoms with Crippen LogP contribution in [0, 0.1) is 11.8 Å². The molecule has 27 heavy (non-hydrogen) atoms. The molecule has 0 heterocycles. The fourth-order valence-corrected chi connectivity index (χ4v) is 3.57. The predicted molar refractivity (Wildman–Crippen MR) is 97.8 cm³/mol. The van der Waals surface area contributed by atoms with Crippen LogP contribution in [0.1, 0.15) is 71.6 Å². The van der Waals surface area contributed by atoms with Crippen molar-refractivity contribution >= 4 is 23.5 Å². The zero-order valence-corrected chi connectivity index (χ0v) is 16.4. The second kappa shape index (κ2) is 12.6. The number of ether oxygens (including phenoxy) is 2. The normalized spacial score (nSPS) is 21.9. The van der Waals surface area contributed by atoms with E-state index in [0.29, 0.717) is 58.2 Å². The zero-order valence-electron chi connectivity index (χ0n) is 16.4. The molecule has 1 aliphatic carbocycles. The van der Waals surface area contributed by atoms with Gasteiger partial charge in [0.25, 0.3) is 0 Å². The maximum absolute atomic E-state index is 12.1. The molecule has 1 fully saturated rings. The molecule has 3 atom stereocenters. The van der Waals surface area contributed by atoms with Crippen LogP contribution in [0.25, 0.3) is 0 Å². The third-order valence-electron chi connectivity index (χ3n) is 4.95. The van der Waals surface area contributed by atoms with Gasteiger partial charge in [0.2, 0.25) is 0 Å². The van der Waals surface area contributed by atoms with Gasteiger partial charge in [-0.2, -0.15) is 0 Å². The molecule has 7 nitrogen and oxygen atoms in total. The van der Waals surface area contributed by atoms with Crippen LogP contribution >= 0.6 is 0 Å². The van der Waals surface area contributed by atoms with Gasteiger partial charge in [0, 0.05) is 38.0 Å². The number of aliphatic hydroxyl groups is 1. The van der Waals surface area contributed by atoms with Crippen LogP contribution in [0.15, 0.2) is 0 Å². The van der Waals surface area contributed by atoms with Crippen LogP contribution in [-0.4, -0.2) is 47.9 Å². The molecule has 0 aromatic carbocycles. The maximum atomic E-state index is 12.1. The van der Waals surface area contributed by atoms with Crippen molar-refractivity contribution < 1.29 is 33.8 Å². The maximum Gasteiger partial charge on any atom is 0.305 e. The summed E-state index contributed by atoms with van der Waals surface area (Å²) >= 11 is 0. The van der Waals surface area contributed by atoms with Gasteiger partial charge in [-0.15, -0.1) is 0 Å². The number of carbonyl (C=O) groups is 4. The van der Waals surface area contributed by atoms with Gasteiger partial charge in [-0.3, -0.25) is 19.2 Å². The van der Waals surface area contributed by atoms with Crippen molar-refractivity contribution in [3.05, 3.63) is 0 Å². The minimum Gasteiger partial charge on any atom is -0.466 e. The first-order chi connectivity index (χ1) is 12.9. The molecule has 0 aromatic heterocycles. The number of Topliss-reactive ketones (excluding diaryl/α,β-unsaturated/α-hetero) is 2. The molecular weight excluding hydrogens is 352 g/mol. The summed E-state index contributed by atoms with van der Waals surface area (Å²) < 4.78 is 9.72. The van der Waals surface area contributed by atoms with Gasteiger partial charge >= 0.3 is 11.9 Å². The standard InChI is InChI=1S/C20H32O7/c1-3-26-19(24)8-6-5-7-14(21)9-10-15-16(18(23)13-17(15)22)11-12-20(25)27-4-2/h15-17,22H,3-13H2,1-2H3/t15-,16-,17-/m1/s1. The molecule has 1 aliphatic rings. The van der Waals surface area contributed by atoms with E-state index in [4.69, 9.17) is 9.47 Å². The number of rotatable bonds is 13. The van der Waals surface area contributed by atoms with E-state index in [1.54, 1.807) is 13.8 Å². The van der Waals surface area contributed by atoms with Crippen LogP contribution in [0.2, 0.25) is 0 Å². The van der Waals surface area contributed by atoms with Crippen molar-refractivity contribution in [3.8, 4) is 0 Å². The lowest BCUT2D eigenvalue weighted by Gasteiger charge is -2.20. The SMILES string of the molecule is CCOC(=O)CCCCC(=O)CC[C@H]1[C@H](O)CC(=O)[C@@H]1CCC(=O)OCC. The van der Waals surface area contributed by atoms with Crippen molar-refractivity contribution in [1.82, 2.24) is 0 Å². The molecule has 1 rings (SSSR count). The van der Waals surface area contributed by atoms with E-state index >= 15 is 0 Å². The Hall–Kier alpha value is -1.76. The number of carbonyl (C=O) groups excluding carboxylic acids is 4. The lowest BCUT2D eigenvalue weighted by atomic mass is 9.85. The van der Waals surface area contributed by atoms with Gasteiger partial charge in [0.05, 0.1) is 19.3 Å². The van der Waals surface area contributed by atoms with Gasteiger partial charge in [-0.1, -0.05) is 0 Å². The Labute approximate surface area is 160 Å². The summed E-state index contributed by atoms with van der Waals surface area (Å²) in [6.45, 7) is 4.14. The van der Waals surface area contributed by atoms with Gasteiger partial charge in [-0.05, 0) is 45.4 Å². The molecule has 154 valence electrons. The third kappa shape index (κ3) is 8.65. The van der Waals surface area contributed by atoms with Crippen LogP contribution in [0.4, 0.5) is 0 Å². The Morgan fingerprint density at radius 3 is 2.15 bits per heavy atom. The first kappa shape index (κ1) is 23.3. The fraction of sp³-hybridized carbons (Fsp3) is 0.800. The van der Waals surface area contributed by atoms with E-state index in [1.807, 2.05) is 0 Å². The number of esters is 2. The lowest BCUT2D eigenvalue weighted by molar-refractivity contribution is -0.144. The number of ketones is 2. The Bertz CT molecular complexity index is 514. The molecule has 0 amide bonds. The number of hydrogen-bond donors (Lipinski definition) is 1. The highest BCUT2D eigenvalue weighted by Crippen LogP contribution is 2.36. The van der Waals surface area contributed by atoms with E-state index < -0.39 is 6.10 Å². The quantitative estimate of drug-likeness (QED) is 0.384. The second-order valence-electron chi connectivity index (χ2n) is 6.94. The summed E-state index contributed by atoms with van der Waals surface area (Å²) in [7, 11) is 0. The Kier molecular flexibility index (Phi) is 10.9. The predicted octanol–water partition coefficient (Wildman–Crippen LogP) is 2.37. The second-order valence-corrected chi connectivity index (χ2v) is 6.94. The van der Waals surface area contributed by atoms with Crippen molar-refractivity contribution in [1.29, 1.82) is 0 Å².